The first-order chi connectivity index (χ1) is 8.86. The van der Waals surface area contributed by atoms with Crippen molar-refractivity contribution in [1.29, 1.82) is 0 Å². The maximum absolute atomic E-state index is 12.1. The summed E-state index contributed by atoms with van der Waals surface area (Å²) in [6, 6.07) is 8.28. The van der Waals surface area contributed by atoms with Crippen molar-refractivity contribution in [3.63, 3.8) is 0 Å². The van der Waals surface area contributed by atoms with E-state index in [0.717, 1.165) is 5.56 Å². The van der Waals surface area contributed by atoms with Crippen LogP contribution in [0.5, 0.6) is 0 Å². The second-order valence-corrected chi connectivity index (χ2v) is 5.95. The number of ketones is 1. The second kappa shape index (κ2) is 5.00. The van der Waals surface area contributed by atoms with Gasteiger partial charge in [-0.15, -0.1) is 0 Å². The summed E-state index contributed by atoms with van der Waals surface area (Å²) in [5, 5.41) is 4.02. The van der Waals surface area contributed by atoms with Crippen LogP contribution in [0.3, 0.4) is 0 Å². The van der Waals surface area contributed by atoms with Gasteiger partial charge in [0.2, 0.25) is 0 Å². The monoisotopic (exact) mass is 256 g/mol. The van der Waals surface area contributed by atoms with Crippen molar-refractivity contribution in [3.05, 3.63) is 53.3 Å². The van der Waals surface area contributed by atoms with Crippen molar-refractivity contribution >= 4 is 5.78 Å². The Kier molecular flexibility index (Phi) is 3.56. The van der Waals surface area contributed by atoms with Gasteiger partial charge in [-0.25, -0.2) is 0 Å². The maximum atomic E-state index is 12.1. The van der Waals surface area contributed by atoms with Crippen molar-refractivity contribution in [2.75, 3.05) is 0 Å². The Morgan fingerprint density at radius 2 is 1.84 bits per heavy atom. The fraction of sp³-hybridized carbons (Fsp3) is 0.375. The Morgan fingerprint density at radius 3 is 2.32 bits per heavy atom. The first kappa shape index (κ1) is 13.5. The van der Waals surface area contributed by atoms with Crippen LogP contribution >= 0.6 is 0 Å². The molecule has 0 saturated heterocycles. The molecule has 1 heterocycles. The summed E-state index contributed by atoms with van der Waals surface area (Å²) in [4.78, 5) is 12.1. The van der Waals surface area contributed by atoms with Crippen LogP contribution in [-0.4, -0.2) is 15.6 Å². The molecular formula is C16H20N2O. The minimum atomic E-state index is 0.108. The third-order valence-electron chi connectivity index (χ3n) is 3.21. The van der Waals surface area contributed by atoms with Gasteiger partial charge >= 0.3 is 0 Å². The van der Waals surface area contributed by atoms with Crippen molar-refractivity contribution < 1.29 is 4.79 Å². The molecule has 0 bridgehead atoms. The van der Waals surface area contributed by atoms with Crippen molar-refractivity contribution in [2.45, 2.75) is 32.6 Å². The average molecular weight is 256 g/mol. The SMILES string of the molecule is Cn1cc(C(=O)Cc2ccc(C(C)(C)C)cc2)cn1. The molecule has 3 heteroatoms. The Hall–Kier alpha value is -1.90. The predicted octanol–water partition coefficient (Wildman–Crippen LogP) is 3.14. The highest BCUT2D eigenvalue weighted by Gasteiger charge is 2.14. The zero-order valence-electron chi connectivity index (χ0n) is 12.0. The lowest BCUT2D eigenvalue weighted by Gasteiger charge is -2.19. The van der Waals surface area contributed by atoms with Gasteiger partial charge in [0.25, 0.3) is 0 Å². The van der Waals surface area contributed by atoms with E-state index in [1.807, 2.05) is 19.2 Å². The molecule has 0 spiro atoms. The number of rotatable bonds is 3. The van der Waals surface area contributed by atoms with Crippen molar-refractivity contribution in [1.82, 2.24) is 9.78 Å². The van der Waals surface area contributed by atoms with E-state index in [4.69, 9.17) is 0 Å². The smallest absolute Gasteiger partial charge is 0.170 e. The number of benzene rings is 1. The molecule has 1 aromatic carbocycles. The summed E-state index contributed by atoms with van der Waals surface area (Å²) >= 11 is 0. The first-order valence-electron chi connectivity index (χ1n) is 6.47. The van der Waals surface area contributed by atoms with E-state index in [9.17, 15) is 4.79 Å². The van der Waals surface area contributed by atoms with Gasteiger partial charge in [-0.05, 0) is 16.5 Å². The van der Waals surface area contributed by atoms with Crippen LogP contribution in [0, 0.1) is 0 Å². The molecule has 0 amide bonds. The molecule has 0 fully saturated rings. The Balaban J connectivity index is 2.10. The van der Waals surface area contributed by atoms with Crippen LogP contribution in [0.1, 0.15) is 42.3 Å². The molecule has 0 aliphatic rings. The maximum Gasteiger partial charge on any atom is 0.170 e. The fourth-order valence-electron chi connectivity index (χ4n) is 1.98. The molecule has 0 saturated carbocycles. The highest BCUT2D eigenvalue weighted by molar-refractivity contribution is 5.97. The molecule has 1 aromatic heterocycles. The van der Waals surface area contributed by atoms with Crippen LogP contribution < -0.4 is 0 Å². The van der Waals surface area contributed by atoms with E-state index in [1.54, 1.807) is 17.1 Å². The summed E-state index contributed by atoms with van der Waals surface area (Å²) in [7, 11) is 1.81. The second-order valence-electron chi connectivity index (χ2n) is 5.95. The number of Topliss-reactive ketones (excluding diaryl/α,β-unsaturated/α-hetero) is 1. The highest BCUT2D eigenvalue weighted by atomic mass is 16.1. The molecule has 3 nitrogen and oxygen atoms in total. The topological polar surface area (TPSA) is 34.9 Å². The van der Waals surface area contributed by atoms with E-state index in [2.05, 4.69) is 38.0 Å². The fourth-order valence-corrected chi connectivity index (χ4v) is 1.98. The van der Waals surface area contributed by atoms with Gasteiger partial charge in [0.15, 0.2) is 5.78 Å². The quantitative estimate of drug-likeness (QED) is 0.791. The van der Waals surface area contributed by atoms with Crippen LogP contribution in [-0.2, 0) is 18.9 Å². The summed E-state index contributed by atoms with van der Waals surface area (Å²) in [5.41, 5.74) is 3.14. The van der Waals surface area contributed by atoms with E-state index in [-0.39, 0.29) is 11.2 Å². The molecule has 19 heavy (non-hydrogen) atoms. The summed E-state index contributed by atoms with van der Waals surface area (Å²) in [6.45, 7) is 6.55. The summed E-state index contributed by atoms with van der Waals surface area (Å²) in [5.74, 6) is 0.108. The number of carbonyl (C=O) groups excluding carboxylic acids is 1. The average Bonchev–Trinajstić information content (AvgIpc) is 2.75. The Bertz CT molecular complexity index is 574. The summed E-state index contributed by atoms with van der Waals surface area (Å²) in [6.07, 6.45) is 3.80. The van der Waals surface area contributed by atoms with Gasteiger partial charge in [0.1, 0.15) is 0 Å². The first-order valence-corrected chi connectivity index (χ1v) is 6.47. The number of hydrogen-bond acceptors (Lipinski definition) is 2. The standard InChI is InChI=1S/C16H20N2O/c1-16(2,3)14-7-5-12(6-8-14)9-15(19)13-10-17-18(4)11-13/h5-8,10-11H,9H2,1-4H3. The lowest BCUT2D eigenvalue weighted by atomic mass is 9.86. The Labute approximate surface area is 114 Å². The molecule has 100 valence electrons. The van der Waals surface area contributed by atoms with Crippen molar-refractivity contribution in [2.24, 2.45) is 7.05 Å². The van der Waals surface area contributed by atoms with E-state index < -0.39 is 0 Å². The molecule has 0 aliphatic heterocycles. The van der Waals surface area contributed by atoms with Gasteiger partial charge in [0.05, 0.1) is 11.8 Å². The van der Waals surface area contributed by atoms with Crippen LogP contribution in [0.2, 0.25) is 0 Å². The zero-order chi connectivity index (χ0) is 14.0. The number of nitrogens with zero attached hydrogens (tertiary/aromatic N) is 2. The van der Waals surface area contributed by atoms with Gasteiger partial charge < -0.3 is 0 Å². The van der Waals surface area contributed by atoms with Gasteiger partial charge in [-0.1, -0.05) is 45.0 Å². The lowest BCUT2D eigenvalue weighted by Crippen LogP contribution is -2.11. The minimum Gasteiger partial charge on any atom is -0.294 e. The number of carbonyl (C=O) groups is 1. The molecule has 0 radical (unpaired) electrons. The van der Waals surface area contributed by atoms with Crippen LogP contribution in [0.15, 0.2) is 36.7 Å². The summed E-state index contributed by atoms with van der Waals surface area (Å²) < 4.78 is 1.65. The molecular weight excluding hydrogens is 236 g/mol. The zero-order valence-corrected chi connectivity index (χ0v) is 12.0. The predicted molar refractivity (Wildman–Crippen MR) is 76.4 cm³/mol. The van der Waals surface area contributed by atoms with E-state index in [1.165, 1.54) is 5.56 Å². The van der Waals surface area contributed by atoms with Gasteiger partial charge in [-0.2, -0.15) is 5.10 Å². The molecule has 0 N–H and O–H groups in total. The molecule has 0 aliphatic carbocycles. The van der Waals surface area contributed by atoms with Crippen LogP contribution in [0.4, 0.5) is 0 Å². The molecule has 0 atom stereocenters. The Morgan fingerprint density at radius 1 is 1.21 bits per heavy atom. The van der Waals surface area contributed by atoms with Gasteiger partial charge in [-0.3, -0.25) is 9.48 Å². The van der Waals surface area contributed by atoms with E-state index >= 15 is 0 Å². The molecule has 2 rings (SSSR count). The van der Waals surface area contributed by atoms with Crippen LogP contribution in [0.25, 0.3) is 0 Å². The lowest BCUT2D eigenvalue weighted by molar-refractivity contribution is 0.0993. The number of aryl methyl sites for hydroxylation is 1. The van der Waals surface area contributed by atoms with E-state index in [0.29, 0.717) is 12.0 Å². The number of aromatic nitrogens is 2. The number of hydrogen-bond donors (Lipinski definition) is 0. The van der Waals surface area contributed by atoms with Gasteiger partial charge in [0, 0.05) is 19.7 Å². The van der Waals surface area contributed by atoms with Crippen molar-refractivity contribution in [3.8, 4) is 0 Å². The molecule has 2 aromatic rings. The largest absolute Gasteiger partial charge is 0.294 e. The minimum absolute atomic E-state index is 0.108. The third-order valence-corrected chi connectivity index (χ3v) is 3.21. The molecule has 0 unspecified atom stereocenters. The third kappa shape index (κ3) is 3.31. The normalized spacial score (nSPS) is 11.6. The highest BCUT2D eigenvalue weighted by Crippen LogP contribution is 2.22.